The number of urea groups is 1. The molecule has 0 unspecified atom stereocenters. The van der Waals surface area contributed by atoms with Crippen LogP contribution in [-0.4, -0.2) is 53.0 Å². The molecule has 22 heavy (non-hydrogen) atoms. The number of pyridine rings is 1. The second-order valence-corrected chi connectivity index (χ2v) is 6.61. The molecule has 120 valence electrons. The van der Waals surface area contributed by atoms with Crippen LogP contribution >= 0.6 is 0 Å². The molecule has 1 aromatic rings. The summed E-state index contributed by atoms with van der Waals surface area (Å²) in [5, 5.41) is 3.14. The summed E-state index contributed by atoms with van der Waals surface area (Å²) in [6.45, 7) is 6.42. The van der Waals surface area contributed by atoms with Gasteiger partial charge in [-0.15, -0.1) is 0 Å². The molecule has 0 spiro atoms. The molecule has 1 aliphatic heterocycles. The highest BCUT2D eigenvalue weighted by molar-refractivity contribution is 5.74. The average molecular weight is 302 g/mol. The summed E-state index contributed by atoms with van der Waals surface area (Å²) >= 11 is 0. The Morgan fingerprint density at radius 1 is 1.32 bits per heavy atom. The summed E-state index contributed by atoms with van der Waals surface area (Å²) in [5.41, 5.74) is 1.10. The third kappa shape index (κ3) is 4.44. The minimum absolute atomic E-state index is 0.102. The number of aromatic nitrogens is 1. The molecule has 0 radical (unpaired) electrons. The Kier molecular flexibility index (Phi) is 4.93. The second-order valence-electron chi connectivity index (χ2n) is 6.61. The van der Waals surface area contributed by atoms with Gasteiger partial charge in [-0.3, -0.25) is 9.88 Å². The van der Waals surface area contributed by atoms with Gasteiger partial charge in [0.15, 0.2) is 0 Å². The molecule has 3 rings (SSSR count). The fourth-order valence-corrected chi connectivity index (χ4v) is 3.04. The van der Waals surface area contributed by atoms with Crippen molar-refractivity contribution in [3.05, 3.63) is 30.1 Å². The highest BCUT2D eigenvalue weighted by Crippen LogP contribution is 2.33. The van der Waals surface area contributed by atoms with E-state index in [1.54, 1.807) is 0 Å². The molecule has 0 bridgehead atoms. The zero-order chi connectivity index (χ0) is 15.4. The quantitative estimate of drug-likeness (QED) is 0.906. The maximum Gasteiger partial charge on any atom is 0.317 e. The molecule has 1 N–H and O–H groups in total. The van der Waals surface area contributed by atoms with Crippen molar-refractivity contribution in [1.82, 2.24) is 20.1 Å². The van der Waals surface area contributed by atoms with E-state index in [0.29, 0.717) is 6.04 Å². The van der Waals surface area contributed by atoms with E-state index in [4.69, 9.17) is 0 Å². The van der Waals surface area contributed by atoms with Gasteiger partial charge in [-0.1, -0.05) is 18.9 Å². The van der Waals surface area contributed by atoms with Crippen LogP contribution in [0.2, 0.25) is 0 Å². The third-order valence-electron chi connectivity index (χ3n) is 4.52. The van der Waals surface area contributed by atoms with Crippen molar-refractivity contribution in [3.8, 4) is 0 Å². The smallest absolute Gasteiger partial charge is 0.317 e. The Morgan fingerprint density at radius 2 is 2.09 bits per heavy atom. The Balaban J connectivity index is 1.39. The summed E-state index contributed by atoms with van der Waals surface area (Å²) in [5.74, 6) is 0.852. The molecule has 1 saturated heterocycles. The van der Waals surface area contributed by atoms with Crippen molar-refractivity contribution >= 4 is 6.03 Å². The van der Waals surface area contributed by atoms with Gasteiger partial charge < -0.3 is 10.2 Å². The number of piperazine rings is 1. The zero-order valence-corrected chi connectivity index (χ0v) is 13.4. The largest absolute Gasteiger partial charge is 0.336 e. The highest BCUT2D eigenvalue weighted by Gasteiger charge is 2.26. The van der Waals surface area contributed by atoms with Gasteiger partial charge in [0.2, 0.25) is 0 Å². The predicted molar refractivity (Wildman–Crippen MR) is 86.4 cm³/mol. The molecule has 2 fully saturated rings. The lowest BCUT2D eigenvalue weighted by molar-refractivity contribution is 0.132. The van der Waals surface area contributed by atoms with E-state index in [1.165, 1.54) is 12.8 Å². The van der Waals surface area contributed by atoms with Gasteiger partial charge in [0.25, 0.3) is 0 Å². The molecule has 0 aromatic carbocycles. The van der Waals surface area contributed by atoms with E-state index in [0.717, 1.165) is 50.8 Å². The van der Waals surface area contributed by atoms with E-state index >= 15 is 0 Å². The Bertz CT molecular complexity index is 481. The summed E-state index contributed by atoms with van der Waals surface area (Å²) in [6.07, 6.45) is 5.64. The fourth-order valence-electron chi connectivity index (χ4n) is 3.04. The van der Waals surface area contributed by atoms with Crippen LogP contribution in [-0.2, 0) is 6.54 Å². The van der Waals surface area contributed by atoms with Crippen molar-refractivity contribution in [2.45, 2.75) is 38.8 Å². The van der Waals surface area contributed by atoms with Crippen LogP contribution in [0.3, 0.4) is 0 Å². The first kappa shape index (κ1) is 15.3. The normalized spacial score (nSPS) is 20.7. The van der Waals surface area contributed by atoms with Gasteiger partial charge in [0.05, 0.1) is 5.69 Å². The van der Waals surface area contributed by atoms with Crippen molar-refractivity contribution in [1.29, 1.82) is 0 Å². The van der Waals surface area contributed by atoms with Gasteiger partial charge in [-0.05, 0) is 31.4 Å². The van der Waals surface area contributed by atoms with Crippen LogP contribution in [0.5, 0.6) is 0 Å². The summed E-state index contributed by atoms with van der Waals surface area (Å²) < 4.78 is 0. The molecule has 2 heterocycles. The number of nitrogens with zero attached hydrogens (tertiary/aromatic N) is 3. The molecule has 5 heteroatoms. The van der Waals surface area contributed by atoms with Crippen molar-refractivity contribution in [2.24, 2.45) is 5.92 Å². The van der Waals surface area contributed by atoms with E-state index in [-0.39, 0.29) is 6.03 Å². The monoisotopic (exact) mass is 302 g/mol. The Hall–Kier alpha value is -1.62. The van der Waals surface area contributed by atoms with Crippen molar-refractivity contribution in [3.63, 3.8) is 0 Å². The molecule has 5 nitrogen and oxygen atoms in total. The first-order valence-electron chi connectivity index (χ1n) is 8.38. The highest BCUT2D eigenvalue weighted by atomic mass is 16.2. The molecular weight excluding hydrogens is 276 g/mol. The number of amides is 2. The summed E-state index contributed by atoms with van der Waals surface area (Å²) in [6, 6.07) is 6.41. The Labute approximate surface area is 132 Å². The number of hydrogen-bond donors (Lipinski definition) is 1. The van der Waals surface area contributed by atoms with Gasteiger partial charge in [-0.25, -0.2) is 4.79 Å². The lowest BCUT2D eigenvalue weighted by Gasteiger charge is -2.35. The van der Waals surface area contributed by atoms with E-state index < -0.39 is 0 Å². The Morgan fingerprint density at radius 3 is 2.73 bits per heavy atom. The number of carbonyl (C=O) groups is 1. The lowest BCUT2D eigenvalue weighted by atomic mass is 10.1. The number of nitrogens with one attached hydrogen (secondary N) is 1. The molecule has 1 aliphatic carbocycles. The van der Waals surface area contributed by atoms with Crippen LogP contribution < -0.4 is 5.32 Å². The summed E-state index contributed by atoms with van der Waals surface area (Å²) in [4.78, 5) is 20.9. The lowest BCUT2D eigenvalue weighted by Crippen LogP contribution is -2.52. The van der Waals surface area contributed by atoms with Gasteiger partial charge in [-0.2, -0.15) is 0 Å². The van der Waals surface area contributed by atoms with Gasteiger partial charge in [0.1, 0.15) is 0 Å². The number of hydrogen-bond acceptors (Lipinski definition) is 3. The van der Waals surface area contributed by atoms with E-state index in [9.17, 15) is 4.79 Å². The van der Waals surface area contributed by atoms with Crippen LogP contribution in [0, 0.1) is 5.92 Å². The van der Waals surface area contributed by atoms with Crippen molar-refractivity contribution in [2.75, 3.05) is 26.2 Å². The predicted octanol–water partition coefficient (Wildman–Crippen LogP) is 2.10. The molecule has 2 aliphatic rings. The fraction of sp³-hybridized carbons (Fsp3) is 0.647. The number of rotatable bonds is 5. The second kappa shape index (κ2) is 7.09. The first-order valence-corrected chi connectivity index (χ1v) is 8.38. The number of carbonyl (C=O) groups excluding carboxylic acids is 1. The topological polar surface area (TPSA) is 48.5 Å². The van der Waals surface area contributed by atoms with Crippen LogP contribution in [0.25, 0.3) is 0 Å². The van der Waals surface area contributed by atoms with Crippen molar-refractivity contribution < 1.29 is 4.79 Å². The zero-order valence-electron chi connectivity index (χ0n) is 13.4. The maximum absolute atomic E-state index is 12.3. The van der Waals surface area contributed by atoms with E-state index in [2.05, 4.69) is 28.2 Å². The SMILES string of the molecule is C[C@@H](CC1CC1)NC(=O)N1CCN(Cc2ccccn2)CC1. The standard InChI is InChI=1S/C17H26N4O/c1-14(12-15-5-6-15)19-17(22)21-10-8-20(9-11-21)13-16-4-2-3-7-18-16/h2-4,7,14-15H,5-6,8-13H2,1H3,(H,19,22)/t14-/m0/s1. The third-order valence-corrected chi connectivity index (χ3v) is 4.52. The summed E-state index contributed by atoms with van der Waals surface area (Å²) in [7, 11) is 0. The molecule has 1 atom stereocenters. The van der Waals surface area contributed by atoms with Crippen LogP contribution in [0.15, 0.2) is 24.4 Å². The molecule has 2 amide bonds. The van der Waals surface area contributed by atoms with E-state index in [1.807, 2.05) is 23.2 Å². The van der Waals surface area contributed by atoms with Crippen LogP contribution in [0.4, 0.5) is 4.79 Å². The molecule has 1 aromatic heterocycles. The van der Waals surface area contributed by atoms with Crippen LogP contribution in [0.1, 0.15) is 31.9 Å². The average Bonchev–Trinajstić information content (AvgIpc) is 3.32. The minimum atomic E-state index is 0.102. The van der Waals surface area contributed by atoms with Gasteiger partial charge in [0, 0.05) is 45.0 Å². The maximum atomic E-state index is 12.3. The molecule has 1 saturated carbocycles. The molecular formula is C17H26N4O. The minimum Gasteiger partial charge on any atom is -0.336 e. The first-order chi connectivity index (χ1) is 10.7. The van der Waals surface area contributed by atoms with Gasteiger partial charge >= 0.3 is 6.03 Å².